The molecular weight excluding hydrogens is 693 g/mol. The molecule has 1 atom stereocenters. The van der Waals surface area contributed by atoms with Gasteiger partial charge in [0, 0.05) is 22.0 Å². The molecule has 0 saturated carbocycles. The average molecular weight is 725 g/mol. The Balaban J connectivity index is 1.45. The van der Waals surface area contributed by atoms with Crippen LogP contribution in [0.2, 0.25) is 10.0 Å². The zero-order valence-electron chi connectivity index (χ0n) is 26.3. The first-order chi connectivity index (χ1) is 23.2. The number of carbonyl (C=O) groups excluding carboxylic acids is 2. The molecule has 0 spiro atoms. The van der Waals surface area contributed by atoms with Gasteiger partial charge in [-0.15, -0.1) is 10.2 Å². The van der Waals surface area contributed by atoms with E-state index < -0.39 is 17.7 Å². The Kier molecular flexibility index (Phi) is 10.3. The Bertz CT molecular complexity index is 2050. The summed E-state index contributed by atoms with van der Waals surface area (Å²) in [6.07, 6.45) is 3.58. The summed E-state index contributed by atoms with van der Waals surface area (Å²) in [4.78, 5) is 33.7. The molecule has 1 fully saturated rings. The first-order valence-corrected chi connectivity index (χ1v) is 17.8. The van der Waals surface area contributed by atoms with Crippen LogP contribution in [0.1, 0.15) is 55.2 Å². The number of imidazole rings is 1. The number of rotatable bonds is 12. The van der Waals surface area contributed by atoms with Gasteiger partial charge in [-0.05, 0) is 67.8 Å². The van der Waals surface area contributed by atoms with Crippen LogP contribution >= 0.6 is 46.3 Å². The van der Waals surface area contributed by atoms with E-state index >= 15 is 0 Å². The molecule has 248 valence electrons. The lowest BCUT2D eigenvalue weighted by atomic mass is 9.96. The highest BCUT2D eigenvalue weighted by Gasteiger charge is 2.49. The van der Waals surface area contributed by atoms with Crippen LogP contribution in [0.4, 0.5) is 5.13 Å². The van der Waals surface area contributed by atoms with Crippen LogP contribution in [-0.2, 0) is 15.3 Å². The van der Waals surface area contributed by atoms with Crippen molar-refractivity contribution in [2.75, 3.05) is 18.1 Å². The molecule has 0 aliphatic carbocycles. The number of aliphatic hydroxyl groups excluding tert-OH is 1. The third-order valence-electron chi connectivity index (χ3n) is 7.68. The summed E-state index contributed by atoms with van der Waals surface area (Å²) in [7, 11) is 0. The highest BCUT2D eigenvalue weighted by atomic mass is 35.5. The zero-order chi connectivity index (χ0) is 33.9. The maximum absolute atomic E-state index is 13.9. The molecule has 4 heterocycles. The fourth-order valence-corrected chi connectivity index (χ4v) is 7.84. The van der Waals surface area contributed by atoms with Crippen molar-refractivity contribution < 1.29 is 24.2 Å². The summed E-state index contributed by atoms with van der Waals surface area (Å²) in [6.45, 7) is 6.55. The number of ether oxygens (including phenoxy) is 2. The minimum atomic E-state index is -1.06. The van der Waals surface area contributed by atoms with Gasteiger partial charge in [-0.25, -0.2) is 4.98 Å². The van der Waals surface area contributed by atoms with Gasteiger partial charge in [-0.3, -0.25) is 18.9 Å². The number of ketones is 1. The highest BCUT2D eigenvalue weighted by molar-refractivity contribution is 8.00. The van der Waals surface area contributed by atoms with E-state index in [-0.39, 0.29) is 16.5 Å². The summed E-state index contributed by atoms with van der Waals surface area (Å²) in [5.74, 6) is -0.577. The van der Waals surface area contributed by atoms with Gasteiger partial charge in [-0.2, -0.15) is 0 Å². The van der Waals surface area contributed by atoms with Crippen molar-refractivity contribution >= 4 is 74.5 Å². The zero-order valence-corrected chi connectivity index (χ0v) is 29.4. The van der Waals surface area contributed by atoms with Crippen molar-refractivity contribution in [3.8, 4) is 11.5 Å². The number of hydrogen-bond donors (Lipinski definition) is 1. The molecule has 10 nitrogen and oxygen atoms in total. The molecule has 2 aromatic carbocycles. The number of aryl methyl sites for hydroxylation is 1. The van der Waals surface area contributed by atoms with E-state index in [2.05, 4.69) is 22.1 Å². The molecule has 1 N–H and O–H groups in total. The van der Waals surface area contributed by atoms with Gasteiger partial charge in [0.1, 0.15) is 11.3 Å². The van der Waals surface area contributed by atoms with Crippen LogP contribution in [0.5, 0.6) is 11.5 Å². The number of aromatic nitrogens is 4. The predicted octanol–water partition coefficient (Wildman–Crippen LogP) is 8.30. The number of carbonyl (C=O) groups is 2. The molecule has 48 heavy (non-hydrogen) atoms. The van der Waals surface area contributed by atoms with Gasteiger partial charge < -0.3 is 14.6 Å². The number of aliphatic hydroxyl groups is 1. The second kappa shape index (κ2) is 14.6. The first kappa shape index (κ1) is 33.8. The van der Waals surface area contributed by atoms with E-state index in [0.29, 0.717) is 67.4 Å². The number of anilines is 1. The van der Waals surface area contributed by atoms with Gasteiger partial charge in [-0.1, -0.05) is 77.8 Å². The van der Waals surface area contributed by atoms with Crippen LogP contribution in [0, 0.1) is 6.92 Å². The van der Waals surface area contributed by atoms with Crippen LogP contribution < -0.4 is 14.4 Å². The van der Waals surface area contributed by atoms with Crippen molar-refractivity contribution in [2.45, 2.75) is 49.7 Å². The second-order valence-corrected chi connectivity index (χ2v) is 13.9. The largest absolute Gasteiger partial charge is 0.505 e. The van der Waals surface area contributed by atoms with E-state index in [4.69, 9.17) is 32.7 Å². The van der Waals surface area contributed by atoms with E-state index in [9.17, 15) is 14.7 Å². The minimum absolute atomic E-state index is 0.104. The van der Waals surface area contributed by atoms with Crippen molar-refractivity contribution in [1.29, 1.82) is 0 Å². The van der Waals surface area contributed by atoms with Gasteiger partial charge in [0.05, 0.1) is 30.5 Å². The highest BCUT2D eigenvalue weighted by Crippen LogP contribution is 2.46. The second-order valence-electron chi connectivity index (χ2n) is 10.9. The molecule has 6 rings (SSSR count). The number of pyridine rings is 1. The number of nitrogens with zero attached hydrogens (tertiary/aromatic N) is 5. The first-order valence-electron chi connectivity index (χ1n) is 15.3. The fraction of sp³-hybridized carbons (Fsp3) is 0.265. The van der Waals surface area contributed by atoms with Gasteiger partial charge in [0.2, 0.25) is 5.13 Å². The molecule has 0 radical (unpaired) electrons. The predicted molar refractivity (Wildman–Crippen MR) is 189 cm³/mol. The number of unbranched alkanes of at least 4 members (excludes halogenated alkanes) is 1. The van der Waals surface area contributed by atoms with E-state index in [1.54, 1.807) is 60.0 Å². The molecular formula is C34H31Cl2N5O5S2. The van der Waals surface area contributed by atoms with E-state index in [1.807, 2.05) is 19.1 Å². The van der Waals surface area contributed by atoms with Crippen LogP contribution in [0.15, 0.2) is 70.7 Å². The van der Waals surface area contributed by atoms with Gasteiger partial charge in [0.15, 0.2) is 21.6 Å². The lowest BCUT2D eigenvalue weighted by Crippen LogP contribution is -2.29. The van der Waals surface area contributed by atoms with Crippen molar-refractivity contribution in [2.24, 2.45) is 0 Å². The summed E-state index contributed by atoms with van der Waals surface area (Å²) in [5.41, 5.74) is 2.66. The standard InChI is InChI=1S/C34H31Cl2N5O5S2/c1-4-6-15-46-24-13-11-20(16-25(24)45-5-2)29-27(30(42)28-19(3)37-26-9-7-8-14-40(26)28)31(43)32(44)41(29)33-38-39-34(48-33)47-18-21-10-12-22(35)17-23(21)36/h7-14,16-17,29,42H,4-6,15,18H2,1-3H3. The lowest BCUT2D eigenvalue weighted by Gasteiger charge is -2.23. The number of benzene rings is 2. The van der Waals surface area contributed by atoms with E-state index in [1.165, 1.54) is 16.7 Å². The molecule has 0 bridgehead atoms. The maximum atomic E-state index is 13.9. The molecule has 1 aliphatic heterocycles. The quantitative estimate of drug-likeness (QED) is 0.0339. The average Bonchev–Trinajstić information content (AvgIpc) is 3.74. The Hall–Kier alpha value is -4.10. The summed E-state index contributed by atoms with van der Waals surface area (Å²) in [6, 6.07) is 14.9. The van der Waals surface area contributed by atoms with Gasteiger partial charge >= 0.3 is 5.91 Å². The molecule has 14 heteroatoms. The summed E-state index contributed by atoms with van der Waals surface area (Å²) < 4.78 is 14.2. The van der Waals surface area contributed by atoms with E-state index in [0.717, 1.165) is 29.7 Å². The number of Topliss-reactive ketones (excluding diaryl/α,β-unsaturated/α-hetero) is 1. The normalized spacial score (nSPS) is 15.9. The third kappa shape index (κ3) is 6.62. The number of thioether (sulfide) groups is 1. The Labute approximate surface area is 295 Å². The monoisotopic (exact) mass is 723 g/mol. The van der Waals surface area contributed by atoms with Crippen molar-refractivity contribution in [1.82, 2.24) is 19.6 Å². The van der Waals surface area contributed by atoms with Crippen molar-refractivity contribution in [3.05, 3.63) is 98.9 Å². The van der Waals surface area contributed by atoms with Crippen LogP contribution in [-0.4, -0.2) is 49.6 Å². The SMILES string of the molecule is CCCCOc1ccc(C2C(=C(O)c3c(C)nc4ccccn34)C(=O)C(=O)N2c2nnc(SCc3ccc(Cl)cc3Cl)s2)cc1OCC. The van der Waals surface area contributed by atoms with Crippen LogP contribution in [0.3, 0.4) is 0 Å². The van der Waals surface area contributed by atoms with Gasteiger partial charge in [0.25, 0.3) is 5.78 Å². The Morgan fingerprint density at radius 2 is 1.88 bits per heavy atom. The van der Waals surface area contributed by atoms with Crippen LogP contribution in [0.25, 0.3) is 11.4 Å². The minimum Gasteiger partial charge on any atom is -0.505 e. The molecule has 1 saturated heterocycles. The number of amides is 1. The molecule has 1 aliphatic rings. The molecule has 5 aromatic rings. The number of halogens is 2. The molecule has 3 aromatic heterocycles. The Morgan fingerprint density at radius 3 is 2.65 bits per heavy atom. The smallest absolute Gasteiger partial charge is 0.301 e. The maximum Gasteiger partial charge on any atom is 0.301 e. The van der Waals surface area contributed by atoms with Crippen molar-refractivity contribution in [3.63, 3.8) is 0 Å². The Morgan fingerprint density at radius 1 is 1.04 bits per heavy atom. The summed E-state index contributed by atoms with van der Waals surface area (Å²) >= 11 is 15.0. The molecule has 1 unspecified atom stereocenters. The fourth-order valence-electron chi connectivity index (χ4n) is 5.42. The number of fused-ring (bicyclic) bond motifs is 1. The topological polar surface area (TPSA) is 119 Å². The summed E-state index contributed by atoms with van der Waals surface area (Å²) in [5, 5.41) is 21.8. The number of hydrogen-bond acceptors (Lipinski definition) is 10. The molecule has 1 amide bonds. The third-order valence-corrected chi connectivity index (χ3v) is 10.4. The lowest BCUT2D eigenvalue weighted by molar-refractivity contribution is -0.132.